The average molecular weight is 322 g/mol. The number of nitrogens with one attached hydrogen (secondary N) is 2. The maximum absolute atomic E-state index is 12.2. The summed E-state index contributed by atoms with van der Waals surface area (Å²) in [5, 5.41) is 5.84. The number of rotatable bonds is 5. The van der Waals surface area contributed by atoms with Gasteiger partial charge in [0.05, 0.1) is 5.92 Å². The van der Waals surface area contributed by atoms with E-state index < -0.39 is 0 Å². The second kappa shape index (κ2) is 6.87. The van der Waals surface area contributed by atoms with E-state index in [0.717, 1.165) is 22.5 Å². The molecular formula is C20H22N2O2. The van der Waals surface area contributed by atoms with Crippen LogP contribution in [0.15, 0.2) is 48.5 Å². The van der Waals surface area contributed by atoms with E-state index in [1.54, 1.807) is 0 Å². The van der Waals surface area contributed by atoms with Crippen LogP contribution in [0.25, 0.3) is 0 Å². The molecule has 1 aliphatic rings. The number of fused-ring (bicyclic) bond motifs is 1. The number of carbonyl (C=O) groups excluding carboxylic acids is 2. The molecule has 0 aliphatic carbocycles. The Hall–Kier alpha value is -2.62. The Morgan fingerprint density at radius 3 is 2.62 bits per heavy atom. The Kier molecular flexibility index (Phi) is 4.65. The summed E-state index contributed by atoms with van der Waals surface area (Å²) in [6.45, 7) is 4.06. The predicted octanol–water partition coefficient (Wildman–Crippen LogP) is 3.95. The number of hydrogen-bond donors (Lipinski definition) is 2. The van der Waals surface area contributed by atoms with E-state index in [-0.39, 0.29) is 23.7 Å². The van der Waals surface area contributed by atoms with E-state index in [0.29, 0.717) is 12.8 Å². The van der Waals surface area contributed by atoms with E-state index in [9.17, 15) is 9.59 Å². The van der Waals surface area contributed by atoms with Crippen molar-refractivity contribution in [3.8, 4) is 0 Å². The molecular weight excluding hydrogens is 300 g/mol. The highest BCUT2D eigenvalue weighted by Gasteiger charge is 2.32. The summed E-state index contributed by atoms with van der Waals surface area (Å²) < 4.78 is 0. The molecule has 4 heteroatoms. The van der Waals surface area contributed by atoms with Gasteiger partial charge in [0.15, 0.2) is 0 Å². The first-order valence-electron chi connectivity index (χ1n) is 8.33. The Bertz CT molecular complexity index is 753. The van der Waals surface area contributed by atoms with Gasteiger partial charge in [-0.25, -0.2) is 0 Å². The van der Waals surface area contributed by atoms with Gasteiger partial charge in [-0.3, -0.25) is 9.59 Å². The predicted molar refractivity (Wildman–Crippen MR) is 96.0 cm³/mol. The van der Waals surface area contributed by atoms with Crippen molar-refractivity contribution in [3.05, 3.63) is 59.7 Å². The third-order valence-corrected chi connectivity index (χ3v) is 4.36. The molecule has 0 fully saturated rings. The molecule has 2 amide bonds. The second-order valence-corrected chi connectivity index (χ2v) is 6.55. The van der Waals surface area contributed by atoms with Gasteiger partial charge < -0.3 is 10.6 Å². The van der Waals surface area contributed by atoms with Crippen molar-refractivity contribution in [2.45, 2.75) is 32.6 Å². The Morgan fingerprint density at radius 1 is 1.17 bits per heavy atom. The summed E-state index contributed by atoms with van der Waals surface area (Å²) in [4.78, 5) is 24.2. The van der Waals surface area contributed by atoms with Crippen molar-refractivity contribution in [3.63, 3.8) is 0 Å². The fourth-order valence-corrected chi connectivity index (χ4v) is 3.15. The summed E-state index contributed by atoms with van der Waals surface area (Å²) in [5.74, 6) is 0.0844. The van der Waals surface area contributed by atoms with Gasteiger partial charge in [-0.1, -0.05) is 44.2 Å². The van der Waals surface area contributed by atoms with Crippen LogP contribution in [0.2, 0.25) is 0 Å². The number of anilines is 2. The Labute approximate surface area is 142 Å². The average Bonchev–Trinajstić information content (AvgIpc) is 2.89. The molecule has 0 spiro atoms. The summed E-state index contributed by atoms with van der Waals surface area (Å²) in [6.07, 6.45) is 1.15. The number of carbonyl (C=O) groups is 2. The van der Waals surface area contributed by atoms with Gasteiger partial charge >= 0.3 is 0 Å². The largest absolute Gasteiger partial charge is 0.326 e. The van der Waals surface area contributed by atoms with E-state index >= 15 is 0 Å². The molecule has 2 aromatic rings. The molecule has 0 saturated heterocycles. The first-order chi connectivity index (χ1) is 11.5. The van der Waals surface area contributed by atoms with Gasteiger partial charge in [0.25, 0.3) is 0 Å². The first kappa shape index (κ1) is 16.2. The van der Waals surface area contributed by atoms with Crippen molar-refractivity contribution in [2.75, 3.05) is 10.6 Å². The number of amides is 2. The third kappa shape index (κ3) is 3.48. The lowest BCUT2D eigenvalue weighted by atomic mass is 9.89. The Balaban J connectivity index is 1.66. The van der Waals surface area contributed by atoms with Crippen LogP contribution in [0.4, 0.5) is 11.4 Å². The van der Waals surface area contributed by atoms with E-state index in [1.165, 1.54) is 0 Å². The monoisotopic (exact) mass is 322 g/mol. The maximum atomic E-state index is 12.2. The smallest absolute Gasteiger partial charge is 0.232 e. The second-order valence-electron chi connectivity index (χ2n) is 6.55. The lowest BCUT2D eigenvalue weighted by Gasteiger charge is -2.14. The molecule has 2 N–H and O–H groups in total. The molecule has 4 nitrogen and oxygen atoms in total. The molecule has 1 atom stereocenters. The minimum atomic E-state index is -0.152. The molecule has 24 heavy (non-hydrogen) atoms. The van der Waals surface area contributed by atoms with Crippen molar-refractivity contribution in [1.29, 1.82) is 0 Å². The number of benzene rings is 2. The Morgan fingerprint density at radius 2 is 1.92 bits per heavy atom. The summed E-state index contributed by atoms with van der Waals surface area (Å²) in [7, 11) is 0. The molecule has 0 aromatic heterocycles. The van der Waals surface area contributed by atoms with Crippen LogP contribution >= 0.6 is 0 Å². The quantitative estimate of drug-likeness (QED) is 0.875. The lowest BCUT2D eigenvalue weighted by molar-refractivity contribution is -0.118. The summed E-state index contributed by atoms with van der Waals surface area (Å²) in [6, 6.07) is 15.6. The molecule has 0 saturated carbocycles. The molecule has 3 rings (SSSR count). The summed E-state index contributed by atoms with van der Waals surface area (Å²) >= 11 is 0. The first-order valence-corrected chi connectivity index (χ1v) is 8.33. The normalized spacial score (nSPS) is 16.0. The van der Waals surface area contributed by atoms with Crippen LogP contribution < -0.4 is 10.6 Å². The third-order valence-electron chi connectivity index (χ3n) is 4.36. The van der Waals surface area contributed by atoms with Crippen molar-refractivity contribution < 1.29 is 9.59 Å². The molecule has 1 aliphatic heterocycles. The molecule has 1 unspecified atom stereocenters. The SMILES string of the molecule is CC(C)C1C(=O)Nc2ccc(NC(=O)CCc3ccccc3)cc21. The standard InChI is InChI=1S/C20H22N2O2/c1-13(2)19-16-12-15(9-10-17(16)22-20(19)24)21-18(23)11-8-14-6-4-3-5-7-14/h3-7,9-10,12-13,19H,8,11H2,1-2H3,(H,21,23)(H,22,24). The zero-order valence-corrected chi connectivity index (χ0v) is 14.0. The van der Waals surface area contributed by atoms with Crippen LogP contribution in [0.5, 0.6) is 0 Å². The molecule has 0 bridgehead atoms. The topological polar surface area (TPSA) is 58.2 Å². The van der Waals surface area contributed by atoms with Gasteiger partial charge in [-0.15, -0.1) is 0 Å². The fraction of sp³-hybridized carbons (Fsp3) is 0.300. The number of aryl methyl sites for hydroxylation is 1. The van der Waals surface area contributed by atoms with Gasteiger partial charge in [0, 0.05) is 17.8 Å². The van der Waals surface area contributed by atoms with E-state index in [1.807, 2.05) is 62.4 Å². The maximum Gasteiger partial charge on any atom is 0.232 e. The molecule has 1 heterocycles. The highest BCUT2D eigenvalue weighted by atomic mass is 16.2. The fourth-order valence-electron chi connectivity index (χ4n) is 3.15. The lowest BCUT2D eigenvalue weighted by Crippen LogP contribution is -2.17. The zero-order chi connectivity index (χ0) is 17.1. The van der Waals surface area contributed by atoms with Gasteiger partial charge in [-0.05, 0) is 41.7 Å². The van der Waals surface area contributed by atoms with E-state index in [2.05, 4.69) is 10.6 Å². The minimum Gasteiger partial charge on any atom is -0.326 e. The van der Waals surface area contributed by atoms with Gasteiger partial charge in [-0.2, -0.15) is 0 Å². The summed E-state index contributed by atoms with van der Waals surface area (Å²) in [5.41, 5.74) is 3.71. The number of hydrogen-bond acceptors (Lipinski definition) is 2. The zero-order valence-electron chi connectivity index (χ0n) is 14.0. The van der Waals surface area contributed by atoms with Crippen LogP contribution in [-0.2, 0) is 16.0 Å². The van der Waals surface area contributed by atoms with Crippen LogP contribution in [0.3, 0.4) is 0 Å². The van der Waals surface area contributed by atoms with Crippen LogP contribution in [-0.4, -0.2) is 11.8 Å². The van der Waals surface area contributed by atoms with E-state index in [4.69, 9.17) is 0 Å². The van der Waals surface area contributed by atoms with Crippen molar-refractivity contribution in [1.82, 2.24) is 0 Å². The van der Waals surface area contributed by atoms with Crippen molar-refractivity contribution >= 4 is 23.2 Å². The van der Waals surface area contributed by atoms with Gasteiger partial charge in [0.2, 0.25) is 11.8 Å². The van der Waals surface area contributed by atoms with Crippen molar-refractivity contribution in [2.24, 2.45) is 5.92 Å². The van der Waals surface area contributed by atoms with Gasteiger partial charge in [0.1, 0.15) is 0 Å². The molecule has 2 aromatic carbocycles. The highest BCUT2D eigenvalue weighted by molar-refractivity contribution is 6.04. The highest BCUT2D eigenvalue weighted by Crippen LogP contribution is 2.38. The molecule has 124 valence electrons. The van der Waals surface area contributed by atoms with Crippen LogP contribution in [0.1, 0.15) is 37.3 Å². The molecule has 0 radical (unpaired) electrons. The minimum absolute atomic E-state index is 0.0165. The van der Waals surface area contributed by atoms with Crippen LogP contribution in [0, 0.1) is 5.92 Å².